The molecule has 2 N–H and O–H groups in total. The van der Waals surface area contributed by atoms with Gasteiger partial charge in [0.05, 0.1) is 7.11 Å². The van der Waals surface area contributed by atoms with Crippen LogP contribution in [0, 0.1) is 0 Å². The fourth-order valence-electron chi connectivity index (χ4n) is 3.13. The molecule has 0 spiro atoms. The second kappa shape index (κ2) is 14.0. The lowest BCUT2D eigenvalue weighted by atomic mass is 10.2. The number of unbranched alkanes of at least 4 members (excludes halogenated alkanes) is 2. The smallest absolute Gasteiger partial charge is 0.305 e. The van der Waals surface area contributed by atoms with Gasteiger partial charge in [0.25, 0.3) is 0 Å². The van der Waals surface area contributed by atoms with E-state index in [9.17, 15) is 4.79 Å². The monoisotopic (exact) mass is 566 g/mol. The molecule has 0 saturated carbocycles. The molecule has 1 aromatic rings. The number of benzene rings is 1. The van der Waals surface area contributed by atoms with Crippen molar-refractivity contribution in [3.8, 4) is 0 Å². The van der Waals surface area contributed by atoms with Crippen LogP contribution in [0.3, 0.4) is 0 Å². The van der Waals surface area contributed by atoms with Gasteiger partial charge in [-0.25, -0.2) is 0 Å². The number of rotatable bonds is 9. The Morgan fingerprint density at radius 3 is 2.71 bits per heavy atom. The van der Waals surface area contributed by atoms with Crippen molar-refractivity contribution >= 4 is 57.5 Å². The number of hydrogen-bond donors (Lipinski definition) is 2. The second-order valence-electron chi connectivity index (χ2n) is 6.70. The van der Waals surface area contributed by atoms with Crippen LogP contribution in [-0.4, -0.2) is 51.3 Å². The SMILES string of the molecule is CCNC(=NCCCCCC(=O)OC)NC1CCN(c2ccc(Br)cc2)C1.I. The molecule has 1 unspecified atom stereocenters. The van der Waals surface area contributed by atoms with E-state index in [1.807, 2.05) is 0 Å². The van der Waals surface area contributed by atoms with E-state index in [0.717, 1.165) is 62.3 Å². The molecule has 0 bridgehead atoms. The number of hydrogen-bond acceptors (Lipinski definition) is 4. The Morgan fingerprint density at radius 2 is 2.04 bits per heavy atom. The van der Waals surface area contributed by atoms with Crippen LogP contribution in [0.15, 0.2) is 33.7 Å². The Bertz CT molecular complexity index is 613. The van der Waals surface area contributed by atoms with Crippen LogP contribution in [0.4, 0.5) is 5.69 Å². The Hall–Kier alpha value is -1.03. The maximum Gasteiger partial charge on any atom is 0.305 e. The second-order valence-corrected chi connectivity index (χ2v) is 7.62. The van der Waals surface area contributed by atoms with Gasteiger partial charge < -0.3 is 20.3 Å². The molecule has 1 saturated heterocycles. The highest BCUT2D eigenvalue weighted by atomic mass is 127. The molecule has 8 heteroatoms. The van der Waals surface area contributed by atoms with Crippen molar-refractivity contribution in [2.75, 3.05) is 38.2 Å². The molecule has 1 aromatic carbocycles. The maximum atomic E-state index is 11.1. The lowest BCUT2D eigenvalue weighted by Crippen LogP contribution is -2.44. The van der Waals surface area contributed by atoms with Gasteiger partial charge in [0.15, 0.2) is 5.96 Å². The summed E-state index contributed by atoms with van der Waals surface area (Å²) in [5.74, 6) is 0.748. The molecule has 0 amide bonds. The molecule has 1 fully saturated rings. The zero-order chi connectivity index (χ0) is 19.5. The third-order valence-electron chi connectivity index (χ3n) is 4.60. The maximum absolute atomic E-state index is 11.1. The number of anilines is 1. The van der Waals surface area contributed by atoms with Gasteiger partial charge in [-0.05, 0) is 50.5 Å². The molecule has 1 heterocycles. The lowest BCUT2D eigenvalue weighted by molar-refractivity contribution is -0.140. The Balaban J connectivity index is 0.00000392. The van der Waals surface area contributed by atoms with Crippen LogP contribution in [-0.2, 0) is 9.53 Å². The number of carbonyl (C=O) groups excluding carboxylic acids is 1. The van der Waals surface area contributed by atoms with Crippen LogP contribution in [0.25, 0.3) is 0 Å². The first kappa shape index (κ1) is 25.0. The average Bonchev–Trinajstić information content (AvgIpc) is 3.13. The molecule has 0 aliphatic carbocycles. The number of esters is 1. The lowest BCUT2D eigenvalue weighted by Gasteiger charge is -2.20. The quantitative estimate of drug-likeness (QED) is 0.156. The van der Waals surface area contributed by atoms with Gasteiger partial charge in [0, 0.05) is 48.8 Å². The molecule has 6 nitrogen and oxygen atoms in total. The standard InChI is InChI=1S/C20H31BrN4O2.HI/c1-3-22-20(23-13-6-4-5-7-19(26)27-2)24-17-12-14-25(15-17)18-10-8-16(21)9-11-18;/h8-11,17H,3-7,12-15H2,1-2H3,(H2,22,23,24);1H. The van der Waals surface area contributed by atoms with Crippen LogP contribution < -0.4 is 15.5 Å². The van der Waals surface area contributed by atoms with Crippen molar-refractivity contribution in [1.29, 1.82) is 0 Å². The molecule has 1 atom stereocenters. The van der Waals surface area contributed by atoms with E-state index in [1.165, 1.54) is 12.8 Å². The molecular weight excluding hydrogens is 535 g/mol. The Kier molecular flexibility index (Phi) is 12.5. The summed E-state index contributed by atoms with van der Waals surface area (Å²) in [5.41, 5.74) is 1.26. The minimum Gasteiger partial charge on any atom is -0.469 e. The predicted octanol–water partition coefficient (Wildman–Crippen LogP) is 3.93. The summed E-state index contributed by atoms with van der Waals surface area (Å²) in [6.45, 7) is 5.71. The van der Waals surface area contributed by atoms with Gasteiger partial charge in [0.2, 0.25) is 0 Å². The number of nitrogens with one attached hydrogen (secondary N) is 2. The van der Waals surface area contributed by atoms with Gasteiger partial charge in [-0.1, -0.05) is 22.4 Å². The first-order valence-corrected chi connectivity index (χ1v) is 10.5. The third kappa shape index (κ3) is 8.98. The third-order valence-corrected chi connectivity index (χ3v) is 5.13. The highest BCUT2D eigenvalue weighted by Crippen LogP contribution is 2.22. The summed E-state index contributed by atoms with van der Waals surface area (Å²) in [6.07, 6.45) is 4.41. The van der Waals surface area contributed by atoms with Gasteiger partial charge in [-0.2, -0.15) is 0 Å². The summed E-state index contributed by atoms with van der Waals surface area (Å²) in [6, 6.07) is 8.87. The molecule has 0 aromatic heterocycles. The zero-order valence-electron chi connectivity index (χ0n) is 16.7. The van der Waals surface area contributed by atoms with E-state index in [0.29, 0.717) is 12.5 Å². The van der Waals surface area contributed by atoms with Gasteiger partial charge >= 0.3 is 5.97 Å². The van der Waals surface area contributed by atoms with Crippen molar-refractivity contribution < 1.29 is 9.53 Å². The summed E-state index contributed by atoms with van der Waals surface area (Å²) in [5, 5.41) is 6.89. The highest BCUT2D eigenvalue weighted by molar-refractivity contribution is 14.0. The van der Waals surface area contributed by atoms with E-state index < -0.39 is 0 Å². The van der Waals surface area contributed by atoms with Crippen molar-refractivity contribution in [1.82, 2.24) is 10.6 Å². The molecule has 158 valence electrons. The van der Waals surface area contributed by atoms with Crippen molar-refractivity contribution in [2.45, 2.75) is 45.1 Å². The molecule has 1 aliphatic heterocycles. The zero-order valence-corrected chi connectivity index (χ0v) is 20.7. The first-order valence-electron chi connectivity index (χ1n) is 9.74. The largest absolute Gasteiger partial charge is 0.469 e. The highest BCUT2D eigenvalue weighted by Gasteiger charge is 2.23. The van der Waals surface area contributed by atoms with Crippen molar-refractivity contribution in [3.63, 3.8) is 0 Å². The topological polar surface area (TPSA) is 66.0 Å². The summed E-state index contributed by atoms with van der Waals surface area (Å²) in [4.78, 5) is 18.2. The van der Waals surface area contributed by atoms with Crippen LogP contribution >= 0.6 is 39.9 Å². The van der Waals surface area contributed by atoms with Crippen molar-refractivity contribution in [3.05, 3.63) is 28.7 Å². The van der Waals surface area contributed by atoms with E-state index in [1.54, 1.807) is 0 Å². The minimum atomic E-state index is -0.134. The number of aliphatic imine (C=N–C) groups is 1. The van der Waals surface area contributed by atoms with E-state index in [2.05, 4.69) is 72.4 Å². The number of ether oxygens (including phenoxy) is 1. The fourth-order valence-corrected chi connectivity index (χ4v) is 3.39. The minimum absolute atomic E-state index is 0. The summed E-state index contributed by atoms with van der Waals surface area (Å²) >= 11 is 3.49. The fraction of sp³-hybridized carbons (Fsp3) is 0.600. The molecule has 0 radical (unpaired) electrons. The normalized spacial score (nSPS) is 16.5. The van der Waals surface area contributed by atoms with Gasteiger partial charge in [0.1, 0.15) is 0 Å². The van der Waals surface area contributed by atoms with E-state index in [4.69, 9.17) is 0 Å². The number of halogens is 2. The Labute approximate surface area is 194 Å². The van der Waals surface area contributed by atoms with Crippen molar-refractivity contribution in [2.24, 2.45) is 4.99 Å². The summed E-state index contributed by atoms with van der Waals surface area (Å²) < 4.78 is 5.76. The number of nitrogens with zero attached hydrogens (tertiary/aromatic N) is 2. The molecule has 28 heavy (non-hydrogen) atoms. The van der Waals surface area contributed by atoms with E-state index in [-0.39, 0.29) is 29.9 Å². The summed E-state index contributed by atoms with van der Waals surface area (Å²) in [7, 11) is 1.43. The van der Waals surface area contributed by atoms with Crippen LogP contribution in [0.1, 0.15) is 39.0 Å². The predicted molar refractivity (Wildman–Crippen MR) is 130 cm³/mol. The number of methoxy groups -OCH3 is 1. The molecule has 2 rings (SSSR count). The number of carbonyl (C=O) groups is 1. The van der Waals surface area contributed by atoms with Crippen LogP contribution in [0.5, 0.6) is 0 Å². The molecule has 1 aliphatic rings. The average molecular weight is 567 g/mol. The number of guanidine groups is 1. The first-order chi connectivity index (χ1) is 13.1. The van der Waals surface area contributed by atoms with Gasteiger partial charge in [-0.3, -0.25) is 9.79 Å². The van der Waals surface area contributed by atoms with E-state index >= 15 is 0 Å². The van der Waals surface area contributed by atoms with Crippen LogP contribution in [0.2, 0.25) is 0 Å². The molecular formula is C20H32BrIN4O2. The van der Waals surface area contributed by atoms with Gasteiger partial charge in [-0.15, -0.1) is 24.0 Å². The Morgan fingerprint density at radius 1 is 1.29 bits per heavy atom.